The van der Waals surface area contributed by atoms with Crippen LogP contribution >= 0.6 is 24.0 Å². The van der Waals surface area contributed by atoms with Crippen LogP contribution in [0.4, 0.5) is 0 Å². The van der Waals surface area contributed by atoms with E-state index in [1.807, 2.05) is 61.5 Å². The second-order valence-corrected chi connectivity index (χ2v) is 7.57. The van der Waals surface area contributed by atoms with Gasteiger partial charge < -0.3 is 9.64 Å². The van der Waals surface area contributed by atoms with Crippen molar-refractivity contribution in [2.75, 3.05) is 33.8 Å². The molecule has 7 heteroatoms. The molecule has 0 N–H and O–H groups in total. The number of nitrogens with zero attached hydrogens (tertiary/aromatic N) is 2. The van der Waals surface area contributed by atoms with Crippen LogP contribution in [-0.4, -0.2) is 59.8 Å². The Balaban J connectivity index is 1.85. The molecule has 0 saturated carbocycles. The van der Waals surface area contributed by atoms with E-state index in [-0.39, 0.29) is 24.8 Å². The van der Waals surface area contributed by atoms with Crippen molar-refractivity contribution in [2.45, 2.75) is 6.42 Å². The number of carbonyl (C=O) groups is 2. The number of rotatable bonds is 8. The largest absolute Gasteiger partial charge is 0.464 e. The van der Waals surface area contributed by atoms with Gasteiger partial charge in [0.2, 0.25) is 0 Å². The second-order valence-electron chi connectivity index (χ2n) is 5.90. The topological polar surface area (TPSA) is 49.9 Å². The molecule has 1 aliphatic heterocycles. The fraction of sp³-hybridized carbons (Fsp3) is 0.316. The number of hydrogen-bond acceptors (Lipinski definition) is 6. The first-order chi connectivity index (χ1) is 12.5. The molecule has 0 unspecified atom stereocenters. The van der Waals surface area contributed by atoms with E-state index in [0.29, 0.717) is 22.4 Å². The number of amides is 1. The molecule has 0 aliphatic carbocycles. The van der Waals surface area contributed by atoms with Gasteiger partial charge in [-0.25, -0.2) is 0 Å². The highest BCUT2D eigenvalue weighted by Crippen LogP contribution is 2.31. The molecule has 1 aromatic carbocycles. The SMILES string of the molecule is CN(C)CCOC(=O)CCN1C(=O)C(=CC=Cc2ccccc2)SC1=S. The molecule has 0 bridgehead atoms. The zero-order valence-corrected chi connectivity index (χ0v) is 16.5. The molecule has 1 amide bonds. The van der Waals surface area contributed by atoms with Crippen molar-refractivity contribution in [3.05, 3.63) is 53.0 Å². The zero-order valence-electron chi connectivity index (χ0n) is 14.9. The molecule has 0 radical (unpaired) electrons. The van der Waals surface area contributed by atoms with Crippen LogP contribution < -0.4 is 0 Å². The molecule has 0 atom stereocenters. The van der Waals surface area contributed by atoms with Crippen molar-refractivity contribution in [2.24, 2.45) is 0 Å². The van der Waals surface area contributed by atoms with Gasteiger partial charge in [0.25, 0.3) is 5.91 Å². The lowest BCUT2D eigenvalue weighted by atomic mass is 10.2. The number of thioether (sulfide) groups is 1. The van der Waals surface area contributed by atoms with Gasteiger partial charge in [-0.2, -0.15) is 0 Å². The summed E-state index contributed by atoms with van der Waals surface area (Å²) < 4.78 is 5.60. The summed E-state index contributed by atoms with van der Waals surface area (Å²) in [6.07, 6.45) is 5.64. The van der Waals surface area contributed by atoms with E-state index in [1.54, 1.807) is 6.08 Å². The highest BCUT2D eigenvalue weighted by atomic mass is 32.2. The molecule has 1 heterocycles. The Morgan fingerprint density at radius 3 is 2.73 bits per heavy atom. The Morgan fingerprint density at radius 2 is 2.04 bits per heavy atom. The van der Waals surface area contributed by atoms with Crippen molar-refractivity contribution in [3.63, 3.8) is 0 Å². The Bertz CT molecular complexity index is 715. The summed E-state index contributed by atoms with van der Waals surface area (Å²) in [7, 11) is 3.82. The Hall–Kier alpha value is -1.96. The molecule has 1 aliphatic rings. The number of hydrogen-bond donors (Lipinski definition) is 0. The molecular weight excluding hydrogens is 368 g/mol. The smallest absolute Gasteiger partial charge is 0.307 e. The lowest BCUT2D eigenvalue weighted by molar-refractivity contribution is -0.144. The number of ether oxygens (including phenoxy) is 1. The van der Waals surface area contributed by atoms with Gasteiger partial charge in [-0.1, -0.05) is 66.5 Å². The van der Waals surface area contributed by atoms with Gasteiger partial charge in [-0.05, 0) is 25.7 Å². The van der Waals surface area contributed by atoms with Crippen molar-refractivity contribution >= 4 is 46.3 Å². The molecular formula is C19H22N2O3S2. The first-order valence-electron chi connectivity index (χ1n) is 8.25. The lowest BCUT2D eigenvalue weighted by Crippen LogP contribution is -2.31. The van der Waals surface area contributed by atoms with E-state index < -0.39 is 0 Å². The van der Waals surface area contributed by atoms with E-state index in [1.165, 1.54) is 16.7 Å². The fourth-order valence-corrected chi connectivity index (χ4v) is 3.40. The van der Waals surface area contributed by atoms with E-state index in [2.05, 4.69) is 0 Å². The van der Waals surface area contributed by atoms with Gasteiger partial charge in [0.15, 0.2) is 0 Å². The van der Waals surface area contributed by atoms with Crippen molar-refractivity contribution < 1.29 is 14.3 Å². The van der Waals surface area contributed by atoms with Crippen LogP contribution in [0.25, 0.3) is 6.08 Å². The fourth-order valence-electron chi connectivity index (χ4n) is 2.13. The van der Waals surface area contributed by atoms with Gasteiger partial charge in [-0.3, -0.25) is 14.5 Å². The van der Waals surface area contributed by atoms with Crippen LogP contribution in [0.1, 0.15) is 12.0 Å². The molecule has 1 saturated heterocycles. The summed E-state index contributed by atoms with van der Waals surface area (Å²) in [4.78, 5) is 28.1. The third-order valence-corrected chi connectivity index (χ3v) is 4.95. The van der Waals surface area contributed by atoms with E-state index in [4.69, 9.17) is 17.0 Å². The summed E-state index contributed by atoms with van der Waals surface area (Å²) in [5.41, 5.74) is 1.06. The van der Waals surface area contributed by atoms with Crippen molar-refractivity contribution in [3.8, 4) is 0 Å². The molecule has 5 nitrogen and oxygen atoms in total. The molecule has 1 aromatic rings. The Labute approximate surface area is 163 Å². The highest BCUT2D eigenvalue weighted by Gasteiger charge is 2.31. The minimum Gasteiger partial charge on any atom is -0.464 e. The quantitative estimate of drug-likeness (QED) is 0.386. The first-order valence-corrected chi connectivity index (χ1v) is 9.47. The summed E-state index contributed by atoms with van der Waals surface area (Å²) in [6, 6.07) is 9.83. The minimum atomic E-state index is -0.325. The molecule has 0 aromatic heterocycles. The second kappa shape index (κ2) is 10.3. The van der Waals surface area contributed by atoms with Crippen LogP contribution in [0.5, 0.6) is 0 Å². The van der Waals surface area contributed by atoms with E-state index >= 15 is 0 Å². The number of thiocarbonyl (C=S) groups is 1. The maximum atomic E-state index is 12.4. The van der Waals surface area contributed by atoms with Crippen molar-refractivity contribution in [1.29, 1.82) is 0 Å². The maximum absolute atomic E-state index is 12.4. The molecule has 0 spiro atoms. The summed E-state index contributed by atoms with van der Waals surface area (Å²) in [6.45, 7) is 1.25. The predicted molar refractivity (Wildman–Crippen MR) is 110 cm³/mol. The predicted octanol–water partition coefficient (Wildman–Crippen LogP) is 2.94. The van der Waals surface area contributed by atoms with Crippen LogP contribution in [0, 0.1) is 0 Å². The maximum Gasteiger partial charge on any atom is 0.307 e. The molecule has 2 rings (SSSR count). The number of benzene rings is 1. The monoisotopic (exact) mass is 390 g/mol. The van der Waals surface area contributed by atoms with E-state index in [9.17, 15) is 9.59 Å². The van der Waals surface area contributed by atoms with Gasteiger partial charge in [0.1, 0.15) is 10.9 Å². The van der Waals surface area contributed by atoms with Crippen LogP contribution in [0.2, 0.25) is 0 Å². The van der Waals surface area contributed by atoms with Gasteiger partial charge in [-0.15, -0.1) is 0 Å². The Kier molecular flexibility index (Phi) is 8.03. The number of carbonyl (C=O) groups excluding carboxylic acids is 2. The number of allylic oxidation sites excluding steroid dienone is 2. The third kappa shape index (κ3) is 6.40. The summed E-state index contributed by atoms with van der Waals surface area (Å²) in [5.74, 6) is -0.493. The van der Waals surface area contributed by atoms with Crippen LogP contribution in [-0.2, 0) is 14.3 Å². The van der Waals surface area contributed by atoms with Crippen LogP contribution in [0.15, 0.2) is 47.4 Å². The van der Waals surface area contributed by atoms with Crippen molar-refractivity contribution in [1.82, 2.24) is 9.80 Å². The van der Waals surface area contributed by atoms with Gasteiger partial charge in [0, 0.05) is 13.1 Å². The molecule has 1 fully saturated rings. The van der Waals surface area contributed by atoms with E-state index in [0.717, 1.165) is 5.56 Å². The lowest BCUT2D eigenvalue weighted by Gasteiger charge is -2.14. The number of likely N-dealkylation sites (N-methyl/N-ethyl adjacent to an activating group) is 1. The average molecular weight is 391 g/mol. The number of esters is 1. The van der Waals surface area contributed by atoms with Crippen LogP contribution in [0.3, 0.4) is 0 Å². The zero-order chi connectivity index (χ0) is 18.9. The summed E-state index contributed by atoms with van der Waals surface area (Å²) in [5, 5.41) is 0. The Morgan fingerprint density at radius 1 is 1.31 bits per heavy atom. The van der Waals surface area contributed by atoms with Gasteiger partial charge in [0.05, 0.1) is 11.3 Å². The van der Waals surface area contributed by atoms with Gasteiger partial charge >= 0.3 is 5.97 Å². The summed E-state index contributed by atoms with van der Waals surface area (Å²) >= 11 is 6.51. The average Bonchev–Trinajstić information content (AvgIpc) is 2.87. The minimum absolute atomic E-state index is 0.132. The third-order valence-electron chi connectivity index (χ3n) is 3.55. The highest BCUT2D eigenvalue weighted by molar-refractivity contribution is 8.26. The molecule has 138 valence electrons. The molecule has 26 heavy (non-hydrogen) atoms. The first kappa shape index (κ1) is 20.4. The normalized spacial score (nSPS) is 16.3. The standard InChI is InChI=1S/C19H22N2O3S2/c1-20(2)13-14-24-17(22)11-12-21-18(23)16(26-19(21)25)10-6-9-15-7-4-3-5-8-15/h3-10H,11-14H2,1-2H3.